The fraction of sp³-hybridized carbons (Fsp3) is 0.273. The molecule has 0 unspecified atom stereocenters. The Kier molecular flexibility index (Phi) is 7.42. The Morgan fingerprint density at radius 3 is 2.39 bits per heavy atom. The molecule has 164 valence electrons. The van der Waals surface area contributed by atoms with Crippen molar-refractivity contribution in [3.05, 3.63) is 65.2 Å². The van der Waals surface area contributed by atoms with Crippen LogP contribution in [0.25, 0.3) is 10.6 Å². The molecule has 2 aromatic carbocycles. The van der Waals surface area contributed by atoms with E-state index in [0.29, 0.717) is 18.8 Å². The summed E-state index contributed by atoms with van der Waals surface area (Å²) in [5.74, 6) is 0.179. The van der Waals surface area contributed by atoms with Gasteiger partial charge in [-0.15, -0.1) is 11.3 Å². The van der Waals surface area contributed by atoms with Crippen LogP contribution in [0.3, 0.4) is 0 Å². The summed E-state index contributed by atoms with van der Waals surface area (Å²) in [5, 5.41) is 2.60. The molecule has 0 saturated heterocycles. The van der Waals surface area contributed by atoms with Crippen LogP contribution in [0.1, 0.15) is 29.9 Å². The third-order valence-electron chi connectivity index (χ3n) is 4.67. The van der Waals surface area contributed by atoms with Crippen LogP contribution in [-0.4, -0.2) is 43.9 Å². The van der Waals surface area contributed by atoms with Crippen LogP contribution in [0.2, 0.25) is 0 Å². The van der Waals surface area contributed by atoms with Gasteiger partial charge in [-0.2, -0.15) is 4.31 Å². The van der Waals surface area contributed by atoms with Gasteiger partial charge in [-0.05, 0) is 36.4 Å². The number of benzene rings is 2. The number of methoxy groups -OCH3 is 1. The van der Waals surface area contributed by atoms with Gasteiger partial charge in [0.25, 0.3) is 0 Å². The van der Waals surface area contributed by atoms with E-state index in [4.69, 9.17) is 9.47 Å². The first-order valence-electron chi connectivity index (χ1n) is 9.75. The lowest BCUT2D eigenvalue weighted by molar-refractivity contribution is 0.0468. The average molecular weight is 461 g/mol. The Balaban J connectivity index is 1.66. The Morgan fingerprint density at radius 1 is 1.06 bits per heavy atom. The Bertz CT molecular complexity index is 1140. The maximum absolute atomic E-state index is 12.5. The lowest BCUT2D eigenvalue weighted by Crippen LogP contribution is -2.30. The second-order valence-electron chi connectivity index (χ2n) is 6.53. The first-order valence-corrected chi connectivity index (χ1v) is 12.1. The van der Waals surface area contributed by atoms with E-state index in [2.05, 4.69) is 4.98 Å². The minimum absolute atomic E-state index is 0.0178. The average Bonchev–Trinajstić information content (AvgIpc) is 3.27. The number of hydrogen-bond acceptors (Lipinski definition) is 7. The first-order chi connectivity index (χ1) is 14.9. The molecule has 0 spiro atoms. The van der Waals surface area contributed by atoms with Gasteiger partial charge >= 0.3 is 5.97 Å². The number of carbonyl (C=O) groups excluding carboxylic acids is 1. The van der Waals surface area contributed by atoms with Crippen molar-refractivity contribution >= 4 is 27.3 Å². The highest BCUT2D eigenvalue weighted by Gasteiger charge is 2.22. The summed E-state index contributed by atoms with van der Waals surface area (Å²) in [6.45, 7) is 4.35. The molecule has 0 saturated carbocycles. The Hall–Kier alpha value is -2.75. The predicted molar refractivity (Wildman–Crippen MR) is 120 cm³/mol. The van der Waals surface area contributed by atoms with Gasteiger partial charge in [-0.25, -0.2) is 18.2 Å². The number of aromatic nitrogens is 1. The van der Waals surface area contributed by atoms with E-state index in [1.165, 1.54) is 39.9 Å². The van der Waals surface area contributed by atoms with Gasteiger partial charge < -0.3 is 9.47 Å². The molecule has 0 fully saturated rings. The number of nitrogens with zero attached hydrogens (tertiary/aromatic N) is 2. The number of thiazole rings is 1. The normalized spacial score (nSPS) is 11.5. The Labute approximate surface area is 186 Å². The number of carbonyl (C=O) groups is 1. The topological polar surface area (TPSA) is 85.8 Å². The van der Waals surface area contributed by atoms with Gasteiger partial charge in [0.05, 0.1) is 28.8 Å². The molecular formula is C22H24N2O5S2. The number of ether oxygens (including phenoxy) is 2. The maximum atomic E-state index is 12.5. The van der Waals surface area contributed by atoms with Gasteiger partial charge in [-0.3, -0.25) is 0 Å². The molecule has 0 radical (unpaired) electrons. The minimum atomic E-state index is -3.57. The van der Waals surface area contributed by atoms with Crippen molar-refractivity contribution in [2.75, 3.05) is 20.2 Å². The highest BCUT2D eigenvalue weighted by Crippen LogP contribution is 2.32. The van der Waals surface area contributed by atoms with Gasteiger partial charge in [0.15, 0.2) is 0 Å². The molecule has 0 aliphatic heterocycles. The van der Waals surface area contributed by atoms with Crippen molar-refractivity contribution in [3.63, 3.8) is 0 Å². The molecule has 31 heavy (non-hydrogen) atoms. The number of sulfonamides is 1. The summed E-state index contributed by atoms with van der Waals surface area (Å²) < 4.78 is 37.2. The van der Waals surface area contributed by atoms with Gasteiger partial charge in [0.1, 0.15) is 17.4 Å². The second-order valence-corrected chi connectivity index (χ2v) is 9.33. The zero-order chi connectivity index (χ0) is 22.4. The molecule has 1 heterocycles. The van der Waals surface area contributed by atoms with E-state index in [-0.39, 0.29) is 17.1 Å². The highest BCUT2D eigenvalue weighted by molar-refractivity contribution is 7.89. The van der Waals surface area contributed by atoms with Gasteiger partial charge in [-0.1, -0.05) is 26.0 Å². The second kappa shape index (κ2) is 10.0. The molecule has 0 bridgehead atoms. The maximum Gasteiger partial charge on any atom is 0.338 e. The molecule has 0 amide bonds. The summed E-state index contributed by atoms with van der Waals surface area (Å²) in [6, 6.07) is 13.3. The fourth-order valence-electron chi connectivity index (χ4n) is 3.02. The summed E-state index contributed by atoms with van der Waals surface area (Å²) in [5.41, 5.74) is 1.77. The first kappa shape index (κ1) is 22.9. The molecule has 3 rings (SSSR count). The predicted octanol–water partition coefficient (Wildman–Crippen LogP) is 4.21. The SMILES string of the molecule is CCN(CC)S(=O)(=O)c1ccc(C(=O)OCc2csc(-c3ccccc3OC)n2)cc1. The van der Waals surface area contributed by atoms with Gasteiger partial charge in [0, 0.05) is 18.5 Å². The van der Waals surface area contributed by atoms with Crippen LogP contribution in [-0.2, 0) is 21.4 Å². The summed E-state index contributed by atoms with van der Waals surface area (Å²) in [4.78, 5) is 17.0. The van der Waals surface area contributed by atoms with Crippen molar-refractivity contribution < 1.29 is 22.7 Å². The van der Waals surface area contributed by atoms with E-state index < -0.39 is 16.0 Å². The summed E-state index contributed by atoms with van der Waals surface area (Å²) >= 11 is 1.44. The smallest absolute Gasteiger partial charge is 0.338 e. The lowest BCUT2D eigenvalue weighted by Gasteiger charge is -2.18. The zero-order valence-electron chi connectivity index (χ0n) is 17.6. The monoisotopic (exact) mass is 460 g/mol. The molecule has 9 heteroatoms. The minimum Gasteiger partial charge on any atom is -0.496 e. The van der Waals surface area contributed by atoms with Crippen LogP contribution in [0, 0.1) is 0 Å². The van der Waals surface area contributed by atoms with E-state index in [9.17, 15) is 13.2 Å². The van der Waals surface area contributed by atoms with E-state index in [0.717, 1.165) is 16.3 Å². The van der Waals surface area contributed by atoms with E-state index >= 15 is 0 Å². The highest BCUT2D eigenvalue weighted by atomic mass is 32.2. The van der Waals surface area contributed by atoms with Crippen molar-refractivity contribution in [1.29, 1.82) is 0 Å². The molecule has 7 nitrogen and oxygen atoms in total. The van der Waals surface area contributed by atoms with E-state index in [1.54, 1.807) is 21.0 Å². The molecule has 0 atom stereocenters. The molecule has 1 aromatic heterocycles. The molecule has 3 aromatic rings. The van der Waals surface area contributed by atoms with Crippen molar-refractivity contribution in [2.24, 2.45) is 0 Å². The number of hydrogen-bond donors (Lipinski definition) is 0. The molecular weight excluding hydrogens is 436 g/mol. The standard InChI is InChI=1S/C22H24N2O5S2/c1-4-24(5-2)31(26,27)18-12-10-16(11-13-18)22(25)29-14-17-15-30-21(23-17)19-8-6-7-9-20(19)28-3/h6-13,15H,4-5,14H2,1-3H3. The number of esters is 1. The van der Waals surface area contributed by atoms with Crippen LogP contribution in [0.4, 0.5) is 0 Å². The Morgan fingerprint density at radius 2 is 1.74 bits per heavy atom. The molecule has 0 aliphatic carbocycles. The van der Waals surface area contributed by atoms with Crippen molar-refractivity contribution in [1.82, 2.24) is 9.29 Å². The zero-order valence-corrected chi connectivity index (χ0v) is 19.2. The fourth-order valence-corrected chi connectivity index (χ4v) is 5.31. The lowest BCUT2D eigenvalue weighted by atomic mass is 10.2. The van der Waals surface area contributed by atoms with Gasteiger partial charge in [0.2, 0.25) is 10.0 Å². The van der Waals surface area contributed by atoms with Crippen LogP contribution < -0.4 is 4.74 Å². The molecule has 0 N–H and O–H groups in total. The van der Waals surface area contributed by atoms with Crippen LogP contribution >= 0.6 is 11.3 Å². The summed E-state index contributed by atoms with van der Waals surface area (Å²) in [6.07, 6.45) is 0. The van der Waals surface area contributed by atoms with Crippen LogP contribution in [0.5, 0.6) is 5.75 Å². The number of rotatable bonds is 9. The third kappa shape index (κ3) is 5.12. The number of para-hydroxylation sites is 1. The summed E-state index contributed by atoms with van der Waals surface area (Å²) in [7, 11) is -1.96. The quantitative estimate of drug-likeness (QED) is 0.445. The third-order valence-corrected chi connectivity index (χ3v) is 7.66. The van der Waals surface area contributed by atoms with Crippen molar-refractivity contribution in [2.45, 2.75) is 25.3 Å². The largest absolute Gasteiger partial charge is 0.496 e. The van der Waals surface area contributed by atoms with Crippen molar-refractivity contribution in [3.8, 4) is 16.3 Å². The van der Waals surface area contributed by atoms with Crippen LogP contribution in [0.15, 0.2) is 58.8 Å². The molecule has 0 aliphatic rings. The van der Waals surface area contributed by atoms with E-state index in [1.807, 2.05) is 29.6 Å².